The smallest absolute Gasteiger partial charge is 0.123 e. The summed E-state index contributed by atoms with van der Waals surface area (Å²) in [7, 11) is 0. The van der Waals surface area contributed by atoms with Crippen LogP contribution in [0.3, 0.4) is 0 Å². The van der Waals surface area contributed by atoms with Gasteiger partial charge in [0, 0.05) is 12.2 Å². The van der Waals surface area contributed by atoms with Gasteiger partial charge >= 0.3 is 0 Å². The zero-order valence-electron chi connectivity index (χ0n) is 17.3. The summed E-state index contributed by atoms with van der Waals surface area (Å²) in [6.07, 6.45) is 7.53. The molecular weight excluding hydrogens is 333 g/mol. The Morgan fingerprint density at radius 2 is 1.52 bits per heavy atom. The molecule has 2 aromatic rings. The van der Waals surface area contributed by atoms with Crippen molar-refractivity contribution in [3.05, 3.63) is 66.0 Å². The molecule has 1 nitrogen and oxygen atoms in total. The molecule has 2 atom stereocenters. The summed E-state index contributed by atoms with van der Waals surface area (Å²) in [5.41, 5.74) is 2.46. The van der Waals surface area contributed by atoms with Gasteiger partial charge in [0.2, 0.25) is 0 Å². The summed E-state index contributed by atoms with van der Waals surface area (Å²) in [4.78, 5) is 0. The molecule has 0 aliphatic rings. The Labute approximate surface area is 165 Å². The topological polar surface area (TPSA) is 12.0 Å². The molecule has 0 heterocycles. The van der Waals surface area contributed by atoms with E-state index in [1.165, 1.54) is 56.2 Å². The fraction of sp³-hybridized carbons (Fsp3) is 0.520. The van der Waals surface area contributed by atoms with Crippen molar-refractivity contribution in [3.63, 3.8) is 0 Å². The maximum Gasteiger partial charge on any atom is 0.123 e. The van der Waals surface area contributed by atoms with Crippen LogP contribution in [0.1, 0.15) is 58.4 Å². The standard InChI is InChI=1S/C25H36FN/c1-20(2)12-13-23(19-27-25-16-14-24(26)15-17-25)11-7-8-21(3)18-22-9-5-4-6-10-22/h4-6,9-10,14-17,20-21,23,27H,7-8,11-13,18-19H2,1-3H3. The van der Waals surface area contributed by atoms with Crippen LogP contribution >= 0.6 is 0 Å². The minimum absolute atomic E-state index is 0.177. The van der Waals surface area contributed by atoms with Crippen LogP contribution < -0.4 is 5.32 Å². The van der Waals surface area contributed by atoms with Crippen LogP contribution in [0.15, 0.2) is 54.6 Å². The van der Waals surface area contributed by atoms with Crippen LogP contribution in [0.2, 0.25) is 0 Å². The molecular formula is C25H36FN. The van der Waals surface area contributed by atoms with Crippen molar-refractivity contribution in [3.8, 4) is 0 Å². The fourth-order valence-electron chi connectivity index (χ4n) is 3.62. The second-order valence-corrected chi connectivity index (χ2v) is 8.45. The molecule has 27 heavy (non-hydrogen) atoms. The third-order valence-corrected chi connectivity index (χ3v) is 5.33. The maximum atomic E-state index is 13.1. The van der Waals surface area contributed by atoms with E-state index >= 15 is 0 Å². The Hall–Kier alpha value is -1.83. The summed E-state index contributed by atoms with van der Waals surface area (Å²) in [5.74, 6) is 1.98. The van der Waals surface area contributed by atoms with Crippen molar-refractivity contribution in [2.24, 2.45) is 17.8 Å². The van der Waals surface area contributed by atoms with Crippen LogP contribution in [0.25, 0.3) is 0 Å². The molecule has 2 unspecified atom stereocenters. The Kier molecular flexibility index (Phi) is 9.38. The number of benzene rings is 2. The number of nitrogens with one attached hydrogen (secondary N) is 1. The van der Waals surface area contributed by atoms with Crippen LogP contribution in [-0.4, -0.2) is 6.54 Å². The molecule has 0 saturated heterocycles. The van der Waals surface area contributed by atoms with Gasteiger partial charge in [-0.15, -0.1) is 0 Å². The number of hydrogen-bond donors (Lipinski definition) is 1. The highest BCUT2D eigenvalue weighted by molar-refractivity contribution is 5.42. The lowest BCUT2D eigenvalue weighted by atomic mass is 9.90. The van der Waals surface area contributed by atoms with E-state index in [0.717, 1.165) is 24.1 Å². The molecule has 0 aromatic heterocycles. The largest absolute Gasteiger partial charge is 0.385 e. The fourth-order valence-corrected chi connectivity index (χ4v) is 3.62. The normalized spacial score (nSPS) is 13.5. The third-order valence-electron chi connectivity index (χ3n) is 5.33. The molecule has 0 saturated carbocycles. The minimum Gasteiger partial charge on any atom is -0.385 e. The number of rotatable bonds is 12. The highest BCUT2D eigenvalue weighted by Crippen LogP contribution is 2.22. The quantitative estimate of drug-likeness (QED) is 0.413. The van der Waals surface area contributed by atoms with E-state index in [1.807, 2.05) is 12.1 Å². The molecule has 0 fully saturated rings. The van der Waals surface area contributed by atoms with E-state index in [0.29, 0.717) is 5.92 Å². The number of anilines is 1. The van der Waals surface area contributed by atoms with Crippen LogP contribution in [0, 0.1) is 23.6 Å². The summed E-state index contributed by atoms with van der Waals surface area (Å²) < 4.78 is 13.1. The van der Waals surface area contributed by atoms with Gasteiger partial charge < -0.3 is 5.32 Å². The van der Waals surface area contributed by atoms with E-state index in [9.17, 15) is 4.39 Å². The Balaban J connectivity index is 1.76. The molecule has 0 aliphatic carbocycles. The van der Waals surface area contributed by atoms with Gasteiger partial charge in [-0.2, -0.15) is 0 Å². The molecule has 2 aromatic carbocycles. The van der Waals surface area contributed by atoms with Crippen molar-refractivity contribution in [1.29, 1.82) is 0 Å². The number of hydrogen-bond acceptors (Lipinski definition) is 1. The minimum atomic E-state index is -0.177. The monoisotopic (exact) mass is 369 g/mol. The first-order chi connectivity index (χ1) is 13.0. The molecule has 0 bridgehead atoms. The van der Waals surface area contributed by atoms with Crippen LogP contribution in [-0.2, 0) is 6.42 Å². The van der Waals surface area contributed by atoms with E-state index in [-0.39, 0.29) is 5.82 Å². The lowest BCUT2D eigenvalue weighted by Gasteiger charge is -2.20. The summed E-state index contributed by atoms with van der Waals surface area (Å²) in [6, 6.07) is 17.5. The summed E-state index contributed by atoms with van der Waals surface area (Å²) in [5, 5.41) is 3.51. The predicted octanol–water partition coefficient (Wildman–Crippen LogP) is 7.34. The molecule has 0 spiro atoms. The predicted molar refractivity (Wildman–Crippen MR) is 116 cm³/mol. The average Bonchev–Trinajstić information content (AvgIpc) is 2.65. The Morgan fingerprint density at radius 3 is 2.19 bits per heavy atom. The molecule has 148 valence electrons. The second kappa shape index (κ2) is 11.8. The van der Waals surface area contributed by atoms with Gasteiger partial charge in [-0.25, -0.2) is 4.39 Å². The van der Waals surface area contributed by atoms with Crippen molar-refractivity contribution in [2.75, 3.05) is 11.9 Å². The summed E-state index contributed by atoms with van der Waals surface area (Å²) in [6.45, 7) is 7.94. The maximum absolute atomic E-state index is 13.1. The molecule has 2 heteroatoms. The van der Waals surface area contributed by atoms with Crippen LogP contribution in [0.5, 0.6) is 0 Å². The Bertz CT molecular complexity index is 621. The first-order valence-corrected chi connectivity index (χ1v) is 10.6. The van der Waals surface area contributed by atoms with Gasteiger partial charge in [0.1, 0.15) is 5.82 Å². The van der Waals surface area contributed by atoms with E-state index in [2.05, 4.69) is 56.4 Å². The lowest BCUT2D eigenvalue weighted by Crippen LogP contribution is -2.16. The van der Waals surface area contributed by atoms with Gasteiger partial charge in [-0.1, -0.05) is 70.4 Å². The molecule has 0 radical (unpaired) electrons. The summed E-state index contributed by atoms with van der Waals surface area (Å²) >= 11 is 0. The zero-order chi connectivity index (χ0) is 19.5. The van der Waals surface area contributed by atoms with E-state index in [4.69, 9.17) is 0 Å². The van der Waals surface area contributed by atoms with Crippen LogP contribution in [0.4, 0.5) is 10.1 Å². The third kappa shape index (κ3) is 9.08. The van der Waals surface area contributed by atoms with E-state index in [1.54, 1.807) is 0 Å². The molecule has 2 rings (SSSR count). The molecule has 0 amide bonds. The van der Waals surface area contributed by atoms with Gasteiger partial charge in [0.15, 0.2) is 0 Å². The second-order valence-electron chi connectivity index (χ2n) is 8.45. The van der Waals surface area contributed by atoms with Crippen molar-refractivity contribution in [1.82, 2.24) is 0 Å². The lowest BCUT2D eigenvalue weighted by molar-refractivity contribution is 0.383. The van der Waals surface area contributed by atoms with Crippen molar-refractivity contribution in [2.45, 2.75) is 59.3 Å². The average molecular weight is 370 g/mol. The molecule has 0 aliphatic heterocycles. The van der Waals surface area contributed by atoms with Gasteiger partial charge in [0.05, 0.1) is 0 Å². The van der Waals surface area contributed by atoms with Gasteiger partial charge in [-0.3, -0.25) is 0 Å². The van der Waals surface area contributed by atoms with Gasteiger partial charge in [0.25, 0.3) is 0 Å². The van der Waals surface area contributed by atoms with Crippen molar-refractivity contribution >= 4 is 5.69 Å². The Morgan fingerprint density at radius 1 is 0.815 bits per heavy atom. The highest BCUT2D eigenvalue weighted by Gasteiger charge is 2.12. The van der Waals surface area contributed by atoms with E-state index < -0.39 is 0 Å². The molecule has 1 N–H and O–H groups in total. The van der Waals surface area contributed by atoms with Gasteiger partial charge in [-0.05, 0) is 66.8 Å². The zero-order valence-corrected chi connectivity index (χ0v) is 17.3. The SMILES string of the molecule is CC(C)CCC(CCCC(C)Cc1ccccc1)CNc1ccc(F)cc1. The first-order valence-electron chi connectivity index (χ1n) is 10.6. The highest BCUT2D eigenvalue weighted by atomic mass is 19.1. The van der Waals surface area contributed by atoms with Crippen molar-refractivity contribution < 1.29 is 4.39 Å². The first kappa shape index (κ1) is 21.5. The number of halogens is 1.